The maximum Gasteiger partial charge on any atom is 0.314 e. The highest BCUT2D eigenvalue weighted by molar-refractivity contribution is 7.98. The lowest BCUT2D eigenvalue weighted by molar-refractivity contribution is -0.137. The summed E-state index contributed by atoms with van der Waals surface area (Å²) in [6.45, 7) is 2.11. The molecular formula is C20H23FN4O2S. The van der Waals surface area contributed by atoms with E-state index in [1.165, 1.54) is 18.6 Å². The molecule has 2 aliphatic rings. The van der Waals surface area contributed by atoms with Crippen molar-refractivity contribution < 1.29 is 14.0 Å². The molecule has 1 aliphatic carbocycles. The largest absolute Gasteiger partial charge is 0.345 e. The fourth-order valence-electron chi connectivity index (χ4n) is 3.84. The third-order valence-corrected chi connectivity index (χ3v) is 6.46. The van der Waals surface area contributed by atoms with Gasteiger partial charge in [0.15, 0.2) is 0 Å². The monoisotopic (exact) mass is 402 g/mol. The van der Waals surface area contributed by atoms with Crippen LogP contribution >= 0.6 is 11.8 Å². The molecule has 1 aliphatic heterocycles. The van der Waals surface area contributed by atoms with Crippen LogP contribution in [0.3, 0.4) is 0 Å². The summed E-state index contributed by atoms with van der Waals surface area (Å²) in [7, 11) is 0. The van der Waals surface area contributed by atoms with Crippen LogP contribution in [0.2, 0.25) is 0 Å². The van der Waals surface area contributed by atoms with Crippen LogP contribution in [0.25, 0.3) is 5.69 Å². The van der Waals surface area contributed by atoms with Gasteiger partial charge in [0.1, 0.15) is 11.6 Å². The first kappa shape index (κ1) is 19.0. The fraction of sp³-hybridized carbons (Fsp3) is 0.450. The molecule has 6 nitrogen and oxygen atoms in total. The molecule has 0 saturated heterocycles. The van der Waals surface area contributed by atoms with Crippen molar-refractivity contribution in [3.05, 3.63) is 41.3 Å². The Morgan fingerprint density at radius 3 is 2.64 bits per heavy atom. The van der Waals surface area contributed by atoms with Gasteiger partial charge in [-0.2, -0.15) is 16.9 Å². The van der Waals surface area contributed by atoms with Crippen LogP contribution in [0, 0.1) is 11.7 Å². The number of amides is 2. The number of rotatable bonds is 3. The minimum atomic E-state index is -0.694. The van der Waals surface area contributed by atoms with Crippen molar-refractivity contribution in [1.29, 1.82) is 0 Å². The molecule has 2 N–H and O–H groups in total. The molecule has 2 aromatic rings. The molecule has 2 heterocycles. The molecule has 2 atom stereocenters. The molecule has 2 amide bonds. The smallest absolute Gasteiger partial charge is 0.314 e. The van der Waals surface area contributed by atoms with Crippen LogP contribution in [-0.2, 0) is 21.1 Å². The number of nitrogens with one attached hydrogen (secondary N) is 2. The zero-order valence-electron chi connectivity index (χ0n) is 15.7. The number of halogens is 1. The quantitative estimate of drug-likeness (QED) is 0.772. The zero-order chi connectivity index (χ0) is 19.7. The van der Waals surface area contributed by atoms with E-state index in [1.807, 2.05) is 0 Å². The number of aromatic nitrogens is 2. The van der Waals surface area contributed by atoms with Gasteiger partial charge in [-0.25, -0.2) is 9.07 Å². The molecule has 1 aromatic carbocycles. The standard InChI is InChI=1S/C20H23FN4O2S/c1-12-4-2-3-5-16(12)22-19(26)20(27)23-18-15-10-28-11-17(15)24-25(18)14-8-6-13(21)7-9-14/h6-9,12,16H,2-5,10-11H2,1H3,(H,22,26)(H,23,27)/t12-,16-/m1/s1. The predicted octanol–water partition coefficient (Wildman–Crippen LogP) is 3.39. The Hall–Kier alpha value is -2.35. The number of anilines is 1. The van der Waals surface area contributed by atoms with Gasteiger partial charge in [0.25, 0.3) is 0 Å². The summed E-state index contributed by atoms with van der Waals surface area (Å²) in [6, 6.07) is 5.93. The van der Waals surface area contributed by atoms with Crippen LogP contribution in [0.4, 0.5) is 10.2 Å². The van der Waals surface area contributed by atoms with E-state index >= 15 is 0 Å². The molecule has 4 rings (SSSR count). The topological polar surface area (TPSA) is 76.0 Å². The van der Waals surface area contributed by atoms with Crippen molar-refractivity contribution in [1.82, 2.24) is 15.1 Å². The van der Waals surface area contributed by atoms with Gasteiger partial charge < -0.3 is 10.6 Å². The number of hydrogen-bond acceptors (Lipinski definition) is 4. The molecule has 0 bridgehead atoms. The number of benzene rings is 1. The lowest BCUT2D eigenvalue weighted by atomic mass is 9.86. The second kappa shape index (κ2) is 7.95. The van der Waals surface area contributed by atoms with E-state index in [2.05, 4.69) is 22.7 Å². The molecule has 1 fully saturated rings. The molecule has 0 unspecified atom stereocenters. The summed E-state index contributed by atoms with van der Waals surface area (Å²) in [6.07, 6.45) is 4.20. The summed E-state index contributed by atoms with van der Waals surface area (Å²) in [5.74, 6) is 0.668. The van der Waals surface area contributed by atoms with E-state index in [4.69, 9.17) is 0 Å². The first-order chi connectivity index (χ1) is 13.5. The molecule has 28 heavy (non-hydrogen) atoms. The van der Waals surface area contributed by atoms with E-state index < -0.39 is 11.8 Å². The van der Waals surface area contributed by atoms with Gasteiger partial charge in [0.2, 0.25) is 0 Å². The number of thioether (sulfide) groups is 1. The predicted molar refractivity (Wildman–Crippen MR) is 107 cm³/mol. The molecule has 0 radical (unpaired) electrons. The third kappa shape index (κ3) is 3.78. The minimum Gasteiger partial charge on any atom is -0.345 e. The van der Waals surface area contributed by atoms with Gasteiger partial charge in [0.05, 0.1) is 11.4 Å². The minimum absolute atomic E-state index is 0.0373. The Morgan fingerprint density at radius 1 is 1.14 bits per heavy atom. The number of fused-ring (bicyclic) bond motifs is 1. The van der Waals surface area contributed by atoms with Crippen molar-refractivity contribution in [2.24, 2.45) is 5.92 Å². The molecule has 148 valence electrons. The molecular weight excluding hydrogens is 379 g/mol. The Morgan fingerprint density at radius 2 is 1.89 bits per heavy atom. The molecule has 1 saturated carbocycles. The van der Waals surface area contributed by atoms with E-state index in [9.17, 15) is 14.0 Å². The van der Waals surface area contributed by atoms with Gasteiger partial charge in [0, 0.05) is 23.1 Å². The Balaban J connectivity index is 1.54. The van der Waals surface area contributed by atoms with Gasteiger partial charge in [-0.05, 0) is 43.0 Å². The lowest BCUT2D eigenvalue weighted by Gasteiger charge is -2.29. The maximum absolute atomic E-state index is 13.3. The van der Waals surface area contributed by atoms with E-state index in [1.54, 1.807) is 28.6 Å². The van der Waals surface area contributed by atoms with E-state index in [0.717, 1.165) is 36.3 Å². The molecule has 0 spiro atoms. The van der Waals surface area contributed by atoms with Crippen molar-refractivity contribution in [3.8, 4) is 5.69 Å². The van der Waals surface area contributed by atoms with Gasteiger partial charge >= 0.3 is 11.8 Å². The second-order valence-corrected chi connectivity index (χ2v) is 8.44. The van der Waals surface area contributed by atoms with Crippen molar-refractivity contribution in [2.75, 3.05) is 5.32 Å². The normalized spacial score (nSPS) is 21.2. The lowest BCUT2D eigenvalue weighted by Crippen LogP contribution is -2.46. The van der Waals surface area contributed by atoms with E-state index in [-0.39, 0.29) is 11.9 Å². The number of carbonyl (C=O) groups is 2. The zero-order valence-corrected chi connectivity index (χ0v) is 16.5. The van der Waals surface area contributed by atoms with Crippen molar-refractivity contribution in [2.45, 2.75) is 50.2 Å². The van der Waals surface area contributed by atoms with Gasteiger partial charge in [-0.15, -0.1) is 0 Å². The average Bonchev–Trinajstić information content (AvgIpc) is 3.27. The number of hydrogen-bond donors (Lipinski definition) is 2. The first-order valence-electron chi connectivity index (χ1n) is 9.59. The summed E-state index contributed by atoms with van der Waals surface area (Å²) >= 11 is 1.71. The SMILES string of the molecule is C[C@@H]1CCCC[C@H]1NC(=O)C(=O)Nc1c2c(nn1-c1ccc(F)cc1)CSC2. The fourth-order valence-corrected chi connectivity index (χ4v) is 4.87. The van der Waals surface area contributed by atoms with Crippen LogP contribution in [-0.4, -0.2) is 27.6 Å². The van der Waals surface area contributed by atoms with Gasteiger partial charge in [-0.1, -0.05) is 19.8 Å². The molecule has 1 aromatic heterocycles. The maximum atomic E-state index is 13.3. The molecule has 8 heteroatoms. The van der Waals surface area contributed by atoms with Gasteiger partial charge in [-0.3, -0.25) is 9.59 Å². The van der Waals surface area contributed by atoms with Crippen LogP contribution in [0.1, 0.15) is 43.9 Å². The van der Waals surface area contributed by atoms with Crippen LogP contribution in [0.5, 0.6) is 0 Å². The highest BCUT2D eigenvalue weighted by atomic mass is 32.2. The van der Waals surface area contributed by atoms with Crippen molar-refractivity contribution >= 4 is 29.4 Å². The summed E-state index contributed by atoms with van der Waals surface area (Å²) in [4.78, 5) is 25.1. The Labute approximate surface area is 167 Å². The van der Waals surface area contributed by atoms with Crippen LogP contribution < -0.4 is 10.6 Å². The first-order valence-corrected chi connectivity index (χ1v) is 10.7. The Kier molecular flexibility index (Phi) is 5.39. The van der Waals surface area contributed by atoms with Crippen molar-refractivity contribution in [3.63, 3.8) is 0 Å². The Bertz CT molecular complexity index is 896. The summed E-state index contributed by atoms with van der Waals surface area (Å²) in [5.41, 5.74) is 2.44. The highest BCUT2D eigenvalue weighted by Crippen LogP contribution is 2.36. The summed E-state index contributed by atoms with van der Waals surface area (Å²) < 4.78 is 14.9. The number of carbonyl (C=O) groups excluding carboxylic acids is 2. The third-order valence-electron chi connectivity index (χ3n) is 5.49. The summed E-state index contributed by atoms with van der Waals surface area (Å²) in [5, 5.41) is 10.2. The second-order valence-electron chi connectivity index (χ2n) is 7.45. The average molecular weight is 402 g/mol. The highest BCUT2D eigenvalue weighted by Gasteiger charge is 2.29. The van der Waals surface area contributed by atoms with E-state index in [0.29, 0.717) is 23.2 Å². The number of nitrogens with zero attached hydrogens (tertiary/aromatic N) is 2. The van der Waals surface area contributed by atoms with Crippen LogP contribution in [0.15, 0.2) is 24.3 Å².